The van der Waals surface area contributed by atoms with Crippen molar-refractivity contribution in [1.82, 2.24) is 9.80 Å². The molecule has 166 valence electrons. The number of esters is 1. The minimum atomic E-state index is -4.88. The number of carbonyl (C=O) groups is 3. The Morgan fingerprint density at radius 1 is 1.10 bits per heavy atom. The van der Waals surface area contributed by atoms with Gasteiger partial charge in [-0.2, -0.15) is 13.2 Å². The van der Waals surface area contributed by atoms with Crippen molar-refractivity contribution in [2.75, 3.05) is 26.7 Å². The number of rotatable bonds is 2. The molecule has 1 unspecified atom stereocenters. The molecule has 0 bridgehead atoms. The maximum Gasteiger partial charge on any atom is 0.417 e. The number of carbonyl (C=O) groups excluding carboxylic acids is 3. The largest absolute Gasteiger partial charge is 0.467 e. The summed E-state index contributed by atoms with van der Waals surface area (Å²) in [4.78, 5) is 39.4. The standard InChI is InChI=1S/C19H22F4N2O5/c1-18(2,3)30-17(28)25-8-7-24(10-14(25)16(27)29-4)15(26)12-9-11(20)5-6-13(12)19(21,22)23/h5-6,9,14H,7-8,10H2,1-4H3. The lowest BCUT2D eigenvalue weighted by molar-refractivity contribution is -0.148. The molecule has 1 aromatic carbocycles. The highest BCUT2D eigenvalue weighted by molar-refractivity contribution is 5.96. The number of hydrogen-bond donors (Lipinski definition) is 0. The van der Waals surface area contributed by atoms with Gasteiger partial charge >= 0.3 is 18.2 Å². The number of alkyl halides is 3. The van der Waals surface area contributed by atoms with Crippen molar-refractivity contribution >= 4 is 18.0 Å². The summed E-state index contributed by atoms with van der Waals surface area (Å²) >= 11 is 0. The molecule has 1 heterocycles. The van der Waals surface area contributed by atoms with Crippen LogP contribution >= 0.6 is 0 Å². The number of halogens is 4. The van der Waals surface area contributed by atoms with Gasteiger partial charge in [0, 0.05) is 13.1 Å². The highest BCUT2D eigenvalue weighted by Crippen LogP contribution is 2.33. The zero-order valence-electron chi connectivity index (χ0n) is 16.9. The summed E-state index contributed by atoms with van der Waals surface area (Å²) in [6.07, 6.45) is -5.70. The van der Waals surface area contributed by atoms with Crippen LogP contribution in [0, 0.1) is 5.82 Å². The van der Waals surface area contributed by atoms with E-state index in [9.17, 15) is 31.9 Å². The first-order valence-corrected chi connectivity index (χ1v) is 8.98. The molecule has 0 aromatic heterocycles. The van der Waals surface area contributed by atoms with Crippen molar-refractivity contribution in [3.05, 3.63) is 35.1 Å². The van der Waals surface area contributed by atoms with Crippen molar-refractivity contribution < 1.29 is 41.4 Å². The Labute approximate surface area is 170 Å². The van der Waals surface area contributed by atoms with Crippen LogP contribution in [0.15, 0.2) is 18.2 Å². The van der Waals surface area contributed by atoms with Gasteiger partial charge in [-0.05, 0) is 39.0 Å². The summed E-state index contributed by atoms with van der Waals surface area (Å²) < 4.78 is 63.2. The molecule has 1 saturated heterocycles. The van der Waals surface area contributed by atoms with E-state index in [2.05, 4.69) is 4.74 Å². The van der Waals surface area contributed by atoms with Crippen LogP contribution in [0.3, 0.4) is 0 Å². The summed E-state index contributed by atoms with van der Waals surface area (Å²) in [5.74, 6) is -2.99. The van der Waals surface area contributed by atoms with E-state index in [4.69, 9.17) is 4.74 Å². The predicted octanol–water partition coefficient (Wildman–Crippen LogP) is 3.08. The lowest BCUT2D eigenvalue weighted by Crippen LogP contribution is -2.60. The van der Waals surface area contributed by atoms with Crippen molar-refractivity contribution in [3.8, 4) is 0 Å². The quantitative estimate of drug-likeness (QED) is 0.528. The highest BCUT2D eigenvalue weighted by Gasteiger charge is 2.42. The first-order chi connectivity index (χ1) is 13.7. The number of methoxy groups -OCH3 is 1. The second-order valence-corrected chi connectivity index (χ2v) is 7.65. The molecule has 1 fully saturated rings. The van der Waals surface area contributed by atoms with Gasteiger partial charge in [0.05, 0.1) is 24.8 Å². The molecule has 0 N–H and O–H groups in total. The van der Waals surface area contributed by atoms with Gasteiger partial charge in [-0.1, -0.05) is 0 Å². The normalized spacial score (nSPS) is 17.5. The Balaban J connectivity index is 2.32. The van der Waals surface area contributed by atoms with Crippen LogP contribution in [-0.2, 0) is 20.4 Å². The number of amides is 2. The summed E-state index contributed by atoms with van der Waals surface area (Å²) in [6.45, 7) is 4.08. The minimum absolute atomic E-state index is 0.181. The van der Waals surface area contributed by atoms with E-state index in [1.807, 2.05) is 0 Å². The molecule has 0 aliphatic carbocycles. The molecule has 1 aliphatic heterocycles. The van der Waals surface area contributed by atoms with Gasteiger partial charge in [0.2, 0.25) is 0 Å². The Morgan fingerprint density at radius 3 is 2.27 bits per heavy atom. The Bertz CT molecular complexity index is 835. The molecule has 1 atom stereocenters. The summed E-state index contributed by atoms with van der Waals surface area (Å²) in [6, 6.07) is 0.304. The molecule has 2 amide bonds. The maximum absolute atomic E-state index is 13.6. The van der Waals surface area contributed by atoms with E-state index in [-0.39, 0.29) is 13.1 Å². The minimum Gasteiger partial charge on any atom is -0.467 e. The van der Waals surface area contributed by atoms with Crippen molar-refractivity contribution in [1.29, 1.82) is 0 Å². The average molecular weight is 434 g/mol. The van der Waals surface area contributed by atoms with Gasteiger partial charge in [-0.3, -0.25) is 9.69 Å². The molecule has 0 saturated carbocycles. The first-order valence-electron chi connectivity index (χ1n) is 8.98. The third-order valence-electron chi connectivity index (χ3n) is 4.29. The molecule has 11 heteroatoms. The lowest BCUT2D eigenvalue weighted by atomic mass is 10.0. The maximum atomic E-state index is 13.6. The smallest absolute Gasteiger partial charge is 0.417 e. The zero-order valence-corrected chi connectivity index (χ0v) is 16.9. The Kier molecular flexibility index (Phi) is 6.63. The fraction of sp³-hybridized carbons (Fsp3) is 0.526. The van der Waals surface area contributed by atoms with Gasteiger partial charge in [0.25, 0.3) is 5.91 Å². The summed E-state index contributed by atoms with van der Waals surface area (Å²) in [7, 11) is 1.07. The van der Waals surface area contributed by atoms with E-state index in [0.717, 1.165) is 16.9 Å². The summed E-state index contributed by atoms with van der Waals surface area (Å²) in [5.41, 5.74) is -3.02. The molecule has 0 spiro atoms. The van der Waals surface area contributed by atoms with Crippen LogP contribution < -0.4 is 0 Å². The summed E-state index contributed by atoms with van der Waals surface area (Å²) in [5, 5.41) is 0. The second kappa shape index (κ2) is 8.49. The first kappa shape index (κ1) is 23.4. The fourth-order valence-corrected chi connectivity index (χ4v) is 2.96. The van der Waals surface area contributed by atoms with Crippen molar-refractivity contribution in [3.63, 3.8) is 0 Å². The molecular weight excluding hydrogens is 412 g/mol. The van der Waals surface area contributed by atoms with E-state index in [0.29, 0.717) is 18.2 Å². The number of hydrogen-bond acceptors (Lipinski definition) is 5. The van der Waals surface area contributed by atoms with E-state index in [1.54, 1.807) is 20.8 Å². The average Bonchev–Trinajstić information content (AvgIpc) is 2.63. The Hall–Kier alpha value is -2.85. The van der Waals surface area contributed by atoms with E-state index >= 15 is 0 Å². The lowest BCUT2D eigenvalue weighted by Gasteiger charge is -2.40. The van der Waals surface area contributed by atoms with Gasteiger partial charge < -0.3 is 14.4 Å². The van der Waals surface area contributed by atoms with Crippen molar-refractivity contribution in [2.45, 2.75) is 38.6 Å². The Morgan fingerprint density at radius 2 is 1.73 bits per heavy atom. The van der Waals surface area contributed by atoms with E-state index in [1.165, 1.54) is 0 Å². The molecule has 1 aliphatic rings. The predicted molar refractivity (Wildman–Crippen MR) is 96.0 cm³/mol. The van der Waals surface area contributed by atoms with Crippen LogP contribution in [0.4, 0.5) is 22.4 Å². The van der Waals surface area contributed by atoms with E-state index < -0.39 is 59.3 Å². The van der Waals surface area contributed by atoms with Crippen LogP contribution in [-0.4, -0.2) is 66.2 Å². The number of ether oxygens (including phenoxy) is 2. The third-order valence-corrected chi connectivity index (χ3v) is 4.29. The van der Waals surface area contributed by atoms with Crippen LogP contribution in [0.2, 0.25) is 0 Å². The van der Waals surface area contributed by atoms with Crippen LogP contribution in [0.1, 0.15) is 36.7 Å². The molecule has 7 nitrogen and oxygen atoms in total. The van der Waals surface area contributed by atoms with Gasteiger partial charge in [0.1, 0.15) is 11.4 Å². The van der Waals surface area contributed by atoms with Gasteiger partial charge in [-0.25, -0.2) is 14.0 Å². The third kappa shape index (κ3) is 5.39. The molecule has 0 radical (unpaired) electrons. The number of nitrogens with zero attached hydrogens (tertiary/aromatic N) is 2. The number of benzene rings is 1. The number of piperazine rings is 1. The fourth-order valence-electron chi connectivity index (χ4n) is 2.96. The molecular formula is C19H22F4N2O5. The molecule has 1 aromatic rings. The zero-order chi connectivity index (χ0) is 22.9. The van der Waals surface area contributed by atoms with Gasteiger partial charge in [0.15, 0.2) is 6.04 Å². The van der Waals surface area contributed by atoms with Crippen LogP contribution in [0.5, 0.6) is 0 Å². The monoisotopic (exact) mass is 434 g/mol. The molecule has 2 rings (SSSR count). The molecule has 30 heavy (non-hydrogen) atoms. The SMILES string of the molecule is COC(=O)C1CN(C(=O)c2cc(F)ccc2C(F)(F)F)CCN1C(=O)OC(C)(C)C. The topological polar surface area (TPSA) is 76.2 Å². The van der Waals surface area contributed by atoms with Crippen LogP contribution in [0.25, 0.3) is 0 Å². The van der Waals surface area contributed by atoms with Crippen molar-refractivity contribution in [2.24, 2.45) is 0 Å². The van der Waals surface area contributed by atoms with Gasteiger partial charge in [-0.15, -0.1) is 0 Å². The highest BCUT2D eigenvalue weighted by atomic mass is 19.4. The second-order valence-electron chi connectivity index (χ2n) is 7.65.